The summed E-state index contributed by atoms with van der Waals surface area (Å²) in [5.41, 5.74) is -0.207. The van der Waals surface area contributed by atoms with Gasteiger partial charge in [0.2, 0.25) is 5.69 Å². The summed E-state index contributed by atoms with van der Waals surface area (Å²) in [5.74, 6) is -7.88. The van der Waals surface area contributed by atoms with Gasteiger partial charge in [0.25, 0.3) is 40.5 Å². The first kappa shape index (κ1) is 54.0. The van der Waals surface area contributed by atoms with Gasteiger partial charge in [-0.05, 0) is 69.9 Å². The van der Waals surface area contributed by atoms with Crippen LogP contribution in [-0.4, -0.2) is 146 Å². The Morgan fingerprint density at radius 3 is 1.52 bits per heavy atom. The molecule has 0 unspecified atom stereocenters. The first-order chi connectivity index (χ1) is 28.9. The summed E-state index contributed by atoms with van der Waals surface area (Å²) in [6.07, 6.45) is 3.43. The van der Waals surface area contributed by atoms with Gasteiger partial charge < -0.3 is 24.6 Å². The summed E-state index contributed by atoms with van der Waals surface area (Å²) < 4.78 is 139. The lowest BCUT2D eigenvalue weighted by atomic mass is 10.0. The summed E-state index contributed by atoms with van der Waals surface area (Å²) >= 11 is 0. The third kappa shape index (κ3) is 19.0. The van der Waals surface area contributed by atoms with Gasteiger partial charge in [0, 0.05) is 49.0 Å². The number of carboxylic acids is 2. The molecule has 350 valence electrons. The summed E-state index contributed by atoms with van der Waals surface area (Å²) in [6, 6.07) is 4.44. The maximum absolute atomic E-state index is 13.1. The van der Waals surface area contributed by atoms with Gasteiger partial charge in [-0.2, -0.15) is 38.2 Å². The Morgan fingerprint density at radius 2 is 1.06 bits per heavy atom. The fraction of sp³-hybridized carbons (Fsp3) is 0.432. The van der Waals surface area contributed by atoms with E-state index in [0.29, 0.717) is 11.4 Å². The number of carbonyl (C=O) groups is 4. The third-order valence-electron chi connectivity index (χ3n) is 8.93. The molecular weight excluding hydrogens is 921 g/mol. The van der Waals surface area contributed by atoms with E-state index in [-0.39, 0.29) is 72.4 Å². The van der Waals surface area contributed by atoms with E-state index in [1.54, 1.807) is 0 Å². The molecule has 22 nitrogen and oxygen atoms in total. The molecule has 6 N–H and O–H groups in total. The maximum atomic E-state index is 13.1. The van der Waals surface area contributed by atoms with Crippen molar-refractivity contribution in [2.24, 2.45) is 0 Å². The lowest BCUT2D eigenvalue weighted by Crippen LogP contribution is -2.26. The quantitative estimate of drug-likeness (QED) is 0.0208. The highest BCUT2D eigenvalue weighted by Gasteiger charge is 2.27. The minimum Gasteiger partial charge on any atom is -0.478 e. The Bertz CT molecular complexity index is 2620. The van der Waals surface area contributed by atoms with Crippen molar-refractivity contribution in [2.45, 2.75) is 53.4 Å². The lowest BCUT2D eigenvalue weighted by Gasteiger charge is -2.28. The second kappa shape index (κ2) is 23.0. The van der Waals surface area contributed by atoms with E-state index < -0.39 is 112 Å². The Labute approximate surface area is 364 Å². The zero-order valence-electron chi connectivity index (χ0n) is 34.5. The van der Waals surface area contributed by atoms with E-state index >= 15 is 0 Å². The van der Waals surface area contributed by atoms with Crippen LogP contribution in [0.5, 0.6) is 0 Å². The van der Waals surface area contributed by atoms with Crippen LogP contribution >= 0.6 is 0 Å². The predicted molar refractivity (Wildman–Crippen MR) is 227 cm³/mol. The van der Waals surface area contributed by atoms with E-state index in [2.05, 4.69) is 0 Å². The molecule has 26 heteroatoms. The number of ether oxygens (including phenoxy) is 2. The number of benzene rings is 2. The average Bonchev–Trinajstić information content (AvgIpc) is 3.14. The van der Waals surface area contributed by atoms with Crippen LogP contribution in [0.4, 0.5) is 11.4 Å². The Balaban J connectivity index is 2.77. The molecule has 0 fully saturated rings. The second-order valence-electron chi connectivity index (χ2n) is 13.9. The number of rotatable bonds is 25. The first-order valence-corrected chi connectivity index (χ1v) is 25.0. The van der Waals surface area contributed by atoms with Crippen molar-refractivity contribution in [1.29, 1.82) is 0 Å². The Kier molecular flexibility index (Phi) is 19.7. The van der Waals surface area contributed by atoms with Crippen LogP contribution in [0.25, 0.3) is 0 Å². The van der Waals surface area contributed by atoms with Crippen molar-refractivity contribution in [3.05, 3.63) is 81.6 Å². The summed E-state index contributed by atoms with van der Waals surface area (Å²) in [6.45, 7) is 4.67. The van der Waals surface area contributed by atoms with Gasteiger partial charge in [0.1, 0.15) is 6.54 Å². The number of carbonyl (C=O) groups excluding carboxylic acids is 2. The molecule has 0 saturated heterocycles. The van der Waals surface area contributed by atoms with Crippen LogP contribution in [0, 0.1) is 13.8 Å². The topological polar surface area (TPSA) is 351 Å². The van der Waals surface area contributed by atoms with Crippen LogP contribution in [-0.2, 0) is 49.9 Å². The molecule has 0 aliphatic carbocycles. The highest BCUT2D eigenvalue weighted by molar-refractivity contribution is 7.86. The maximum Gasteiger partial charge on any atom is 0.338 e. The first-order valence-electron chi connectivity index (χ1n) is 18.5. The fourth-order valence-corrected chi connectivity index (χ4v) is 7.84. The number of hydrogen-bond acceptors (Lipinski definition) is 15. The second-order valence-corrected chi connectivity index (χ2v) is 20.2. The summed E-state index contributed by atoms with van der Waals surface area (Å²) in [4.78, 5) is 52.1. The fourth-order valence-electron chi connectivity index (χ4n) is 5.89. The average molecular weight is 970 g/mol. The number of carboxylic acid groups (broad SMARTS) is 2. The number of hydrogen-bond donors (Lipinski definition) is 6. The van der Waals surface area contributed by atoms with Crippen LogP contribution in [0.2, 0.25) is 0 Å². The van der Waals surface area contributed by atoms with Crippen LogP contribution in [0.15, 0.2) is 48.2 Å². The van der Waals surface area contributed by atoms with Crippen molar-refractivity contribution >= 4 is 81.4 Å². The Hall–Kier alpha value is -5.09. The van der Waals surface area contributed by atoms with Crippen LogP contribution < -0.4 is 4.90 Å². The number of anilines is 1. The SMILES string of the molecule is CC(/C=C/C=C(\C)N(CCCS(=O)(=O)O)c1cc(C(=O)O)cc(C(=O)OCCCS(=O)(=O)O)c1C)=[N+](CCCS(=O)(=O)O)c1cc(C(=O)O)cc(C(=O)OCCCS(=O)(=O)O)c1C. The Morgan fingerprint density at radius 1 is 0.635 bits per heavy atom. The highest BCUT2D eigenvalue weighted by Crippen LogP contribution is 2.30. The molecule has 0 amide bonds. The van der Waals surface area contributed by atoms with Crippen molar-refractivity contribution in [3.8, 4) is 0 Å². The zero-order chi connectivity index (χ0) is 48.1. The van der Waals surface area contributed by atoms with Crippen molar-refractivity contribution < 1.29 is 95.3 Å². The smallest absolute Gasteiger partial charge is 0.338 e. The number of esters is 2. The third-order valence-corrected chi connectivity index (χ3v) is 12.1. The molecule has 0 aliphatic rings. The zero-order valence-corrected chi connectivity index (χ0v) is 37.7. The van der Waals surface area contributed by atoms with E-state index in [4.69, 9.17) is 18.6 Å². The van der Waals surface area contributed by atoms with Crippen LogP contribution in [0.1, 0.15) is 92.1 Å². The van der Waals surface area contributed by atoms with Gasteiger partial charge in [-0.15, -0.1) is 0 Å². The van der Waals surface area contributed by atoms with Crippen molar-refractivity contribution in [1.82, 2.24) is 0 Å². The molecule has 0 saturated carbocycles. The number of nitrogens with zero attached hydrogens (tertiary/aromatic N) is 2. The molecule has 2 rings (SSSR count). The molecule has 0 aliphatic heterocycles. The predicted octanol–water partition coefficient (Wildman–Crippen LogP) is 3.20. The molecular formula is C37H49N2O20S4+. The van der Waals surface area contributed by atoms with Gasteiger partial charge in [-0.25, -0.2) is 19.2 Å². The van der Waals surface area contributed by atoms with Crippen LogP contribution in [0.3, 0.4) is 0 Å². The van der Waals surface area contributed by atoms with Crippen molar-refractivity contribution in [3.63, 3.8) is 0 Å². The monoisotopic (exact) mass is 969 g/mol. The minimum absolute atomic E-state index is 0.0864. The van der Waals surface area contributed by atoms with E-state index in [9.17, 15) is 72.2 Å². The molecule has 63 heavy (non-hydrogen) atoms. The highest BCUT2D eigenvalue weighted by atomic mass is 32.2. The van der Waals surface area contributed by atoms with E-state index in [1.165, 1.54) is 67.5 Å². The standard InChI is InChI=1S/C37H48N2O20S4/c1-24(38(12-6-16-60(46,47)48)32-22-28(34(40)41)20-30(26(32)3)36(44)58-14-8-18-62(52,53)54)10-5-11-25(2)39(13-7-17-61(49,50)51)33-23-29(35(42)43)21-31(27(33)4)37(45)59-15-9-19-63(55,56)57/h5,10-11,20-23H,6-9,12-19H2,1-4H3,(H5-,40,41,42,43,46,47,48,49,50,51,52,53,54,55,56,57)/p+1. The number of aromatic carboxylic acids is 2. The molecule has 0 aromatic heterocycles. The molecule has 2 aromatic rings. The molecule has 0 atom stereocenters. The van der Waals surface area contributed by atoms with Gasteiger partial charge in [0.05, 0.1) is 58.5 Å². The lowest BCUT2D eigenvalue weighted by molar-refractivity contribution is -0.440. The van der Waals surface area contributed by atoms with E-state index in [1.807, 2.05) is 0 Å². The van der Waals surface area contributed by atoms with Gasteiger partial charge in [0.15, 0.2) is 5.71 Å². The van der Waals surface area contributed by atoms with Gasteiger partial charge in [-0.3, -0.25) is 18.2 Å². The van der Waals surface area contributed by atoms with Crippen molar-refractivity contribution in [2.75, 3.05) is 54.2 Å². The molecule has 2 aromatic carbocycles. The van der Waals surface area contributed by atoms with Gasteiger partial charge in [-0.1, -0.05) is 6.08 Å². The molecule has 0 heterocycles. The summed E-state index contributed by atoms with van der Waals surface area (Å²) in [7, 11) is -17.7. The largest absolute Gasteiger partial charge is 0.478 e. The summed E-state index contributed by atoms with van der Waals surface area (Å²) in [5, 5.41) is 19.8. The van der Waals surface area contributed by atoms with Gasteiger partial charge >= 0.3 is 23.9 Å². The molecule has 0 radical (unpaired) electrons. The minimum atomic E-state index is -4.47. The molecule has 0 bridgehead atoms. The normalized spacial score (nSPS) is 13.1. The number of allylic oxidation sites excluding steroid dienone is 4. The molecule has 0 spiro atoms. The van der Waals surface area contributed by atoms with E-state index in [0.717, 1.165) is 12.1 Å².